The molecule has 3 aliphatic rings. The number of hydrogen-bond acceptors (Lipinski definition) is 4. The predicted molar refractivity (Wildman–Crippen MR) is 122 cm³/mol. The van der Waals surface area contributed by atoms with Gasteiger partial charge in [-0.1, -0.05) is 48.5 Å². The Morgan fingerprint density at radius 3 is 2.27 bits per heavy atom. The summed E-state index contributed by atoms with van der Waals surface area (Å²) in [6.07, 6.45) is 2.38. The van der Waals surface area contributed by atoms with Crippen LogP contribution in [0, 0.1) is 5.41 Å². The number of alkyl carbamates (subject to hydrolysis) is 1. The van der Waals surface area contributed by atoms with Gasteiger partial charge in [0.05, 0.1) is 11.8 Å². The van der Waals surface area contributed by atoms with Crippen molar-refractivity contribution in [1.82, 2.24) is 10.2 Å². The maximum atomic E-state index is 13.1. The Kier molecular flexibility index (Phi) is 5.56. The van der Waals surface area contributed by atoms with Crippen molar-refractivity contribution in [2.45, 2.75) is 44.1 Å². The Balaban J connectivity index is 1.18. The first kappa shape index (κ1) is 21.5. The number of benzene rings is 2. The monoisotopic (exact) mass is 448 g/mol. The average molecular weight is 449 g/mol. The molecule has 1 saturated carbocycles. The molecule has 7 nitrogen and oxygen atoms in total. The van der Waals surface area contributed by atoms with Gasteiger partial charge in [-0.2, -0.15) is 0 Å². The molecular formula is C26H28N2O5. The zero-order chi connectivity index (χ0) is 23.0. The molecule has 1 aliphatic heterocycles. The van der Waals surface area contributed by atoms with Crippen LogP contribution in [0.1, 0.15) is 49.1 Å². The Morgan fingerprint density at radius 1 is 1.03 bits per heavy atom. The Morgan fingerprint density at radius 2 is 1.67 bits per heavy atom. The van der Waals surface area contributed by atoms with E-state index in [0.717, 1.165) is 17.5 Å². The van der Waals surface area contributed by atoms with Crippen LogP contribution < -0.4 is 5.32 Å². The highest BCUT2D eigenvalue weighted by Gasteiger charge is 2.53. The van der Waals surface area contributed by atoms with Crippen molar-refractivity contribution in [2.75, 3.05) is 19.7 Å². The van der Waals surface area contributed by atoms with Crippen molar-refractivity contribution < 1.29 is 24.2 Å². The van der Waals surface area contributed by atoms with Crippen LogP contribution in [0.4, 0.5) is 4.79 Å². The highest BCUT2D eigenvalue weighted by molar-refractivity contribution is 5.87. The predicted octanol–water partition coefficient (Wildman–Crippen LogP) is 3.77. The van der Waals surface area contributed by atoms with E-state index in [4.69, 9.17) is 9.84 Å². The van der Waals surface area contributed by atoms with Crippen molar-refractivity contribution in [3.8, 4) is 11.1 Å². The quantitative estimate of drug-likeness (QED) is 0.672. The first-order valence-corrected chi connectivity index (χ1v) is 11.6. The maximum Gasteiger partial charge on any atom is 0.407 e. The third-order valence-electron chi connectivity index (χ3n) is 7.27. The van der Waals surface area contributed by atoms with Crippen LogP contribution in [0.25, 0.3) is 11.1 Å². The number of nitrogens with zero attached hydrogens (tertiary/aromatic N) is 1. The molecule has 33 heavy (non-hydrogen) atoms. The summed E-state index contributed by atoms with van der Waals surface area (Å²) in [5, 5.41) is 11.9. The highest BCUT2D eigenvalue weighted by atomic mass is 16.5. The van der Waals surface area contributed by atoms with Crippen LogP contribution in [0.15, 0.2) is 48.5 Å². The molecule has 1 saturated heterocycles. The summed E-state index contributed by atoms with van der Waals surface area (Å²) in [7, 11) is 0. The summed E-state index contributed by atoms with van der Waals surface area (Å²) in [5.74, 6) is -0.937. The molecular weight excluding hydrogens is 420 g/mol. The number of aliphatic carboxylic acids is 1. The summed E-state index contributed by atoms with van der Waals surface area (Å²) in [5.41, 5.74) is 4.03. The van der Waals surface area contributed by atoms with E-state index >= 15 is 0 Å². The lowest BCUT2D eigenvalue weighted by molar-refractivity contribution is -0.141. The summed E-state index contributed by atoms with van der Waals surface area (Å²) in [6, 6.07) is 16.1. The second kappa shape index (κ2) is 8.54. The molecule has 2 N–H and O–H groups in total. The van der Waals surface area contributed by atoms with E-state index in [1.807, 2.05) is 24.3 Å². The van der Waals surface area contributed by atoms with Crippen molar-refractivity contribution >= 4 is 18.0 Å². The van der Waals surface area contributed by atoms with Crippen LogP contribution in [0.5, 0.6) is 0 Å². The number of carboxylic acid groups (broad SMARTS) is 1. The number of hydrogen-bond donors (Lipinski definition) is 2. The van der Waals surface area contributed by atoms with Gasteiger partial charge in [-0.3, -0.25) is 9.59 Å². The minimum absolute atomic E-state index is 0.0129. The van der Waals surface area contributed by atoms with Crippen LogP contribution in [-0.2, 0) is 14.3 Å². The van der Waals surface area contributed by atoms with Crippen LogP contribution in [-0.4, -0.2) is 53.7 Å². The van der Waals surface area contributed by atoms with Gasteiger partial charge in [-0.05, 0) is 47.9 Å². The highest BCUT2D eigenvalue weighted by Crippen LogP contribution is 2.48. The van der Waals surface area contributed by atoms with E-state index in [1.165, 1.54) is 11.1 Å². The number of carbonyl (C=O) groups excluding carboxylic acids is 2. The molecule has 0 spiro atoms. The number of nitrogens with one attached hydrogen (secondary N) is 1. The summed E-state index contributed by atoms with van der Waals surface area (Å²) in [4.78, 5) is 38.5. The lowest BCUT2D eigenvalue weighted by Gasteiger charge is -2.28. The first-order valence-electron chi connectivity index (χ1n) is 11.6. The minimum atomic E-state index is -0.888. The molecule has 1 atom stereocenters. The second-order valence-corrected chi connectivity index (χ2v) is 9.35. The molecule has 0 radical (unpaired) electrons. The summed E-state index contributed by atoms with van der Waals surface area (Å²) >= 11 is 0. The van der Waals surface area contributed by atoms with Crippen LogP contribution in [0.2, 0.25) is 0 Å². The molecule has 5 rings (SSSR count). The fourth-order valence-electron chi connectivity index (χ4n) is 5.33. The lowest BCUT2D eigenvalue weighted by Crippen LogP contribution is -2.45. The summed E-state index contributed by atoms with van der Waals surface area (Å²) in [6.45, 7) is 1.04. The molecule has 0 aromatic heterocycles. The number of amides is 2. The van der Waals surface area contributed by atoms with E-state index in [0.29, 0.717) is 25.8 Å². The van der Waals surface area contributed by atoms with Gasteiger partial charge in [0.25, 0.3) is 0 Å². The molecule has 1 unspecified atom stereocenters. The Labute approximate surface area is 192 Å². The molecule has 2 aromatic rings. The Hall–Kier alpha value is -3.35. The van der Waals surface area contributed by atoms with Gasteiger partial charge in [-0.15, -0.1) is 0 Å². The second-order valence-electron chi connectivity index (χ2n) is 9.35. The third kappa shape index (κ3) is 4.08. The number of rotatable bonds is 7. The zero-order valence-corrected chi connectivity index (χ0v) is 18.5. The maximum absolute atomic E-state index is 13.1. The van der Waals surface area contributed by atoms with Crippen LogP contribution in [0.3, 0.4) is 0 Å². The van der Waals surface area contributed by atoms with Crippen molar-refractivity contribution in [3.63, 3.8) is 0 Å². The standard InChI is InChI=1S/C26H28N2O5/c29-23(30)14-17-6-5-13-28(17)24(31)26(11-12-26)16-27-25(32)33-15-22-20-9-3-1-7-18(20)19-8-2-4-10-21(19)22/h1-4,7-10,17,22H,5-6,11-16H2,(H,27,32)(H,29,30). The Bertz CT molecular complexity index is 1050. The first-order chi connectivity index (χ1) is 16.0. The molecule has 2 aromatic carbocycles. The van der Waals surface area contributed by atoms with Gasteiger partial charge in [-0.25, -0.2) is 4.79 Å². The molecule has 2 fully saturated rings. The topological polar surface area (TPSA) is 95.9 Å². The number of likely N-dealkylation sites (tertiary alicyclic amines) is 1. The molecule has 172 valence electrons. The average Bonchev–Trinajstić information content (AvgIpc) is 3.37. The smallest absolute Gasteiger partial charge is 0.407 e. The fraction of sp³-hybridized carbons (Fsp3) is 0.423. The van der Waals surface area contributed by atoms with Crippen molar-refractivity contribution in [3.05, 3.63) is 59.7 Å². The molecule has 1 heterocycles. The third-order valence-corrected chi connectivity index (χ3v) is 7.27. The normalized spacial score (nSPS) is 20.1. The van der Waals surface area contributed by atoms with E-state index in [1.54, 1.807) is 4.90 Å². The number of carboxylic acids is 1. The van der Waals surface area contributed by atoms with Gasteiger partial charge < -0.3 is 20.1 Å². The number of ether oxygens (including phenoxy) is 1. The van der Waals surface area contributed by atoms with Gasteiger partial charge in [0.1, 0.15) is 6.61 Å². The van der Waals surface area contributed by atoms with E-state index in [-0.39, 0.29) is 37.4 Å². The number of carbonyl (C=O) groups is 3. The molecule has 0 bridgehead atoms. The zero-order valence-electron chi connectivity index (χ0n) is 18.5. The van der Waals surface area contributed by atoms with Crippen molar-refractivity contribution in [1.29, 1.82) is 0 Å². The van der Waals surface area contributed by atoms with Gasteiger partial charge in [0.2, 0.25) is 5.91 Å². The lowest BCUT2D eigenvalue weighted by atomic mass is 9.98. The van der Waals surface area contributed by atoms with Crippen LogP contribution >= 0.6 is 0 Å². The van der Waals surface area contributed by atoms with Gasteiger partial charge in [0.15, 0.2) is 0 Å². The molecule has 2 aliphatic carbocycles. The molecule has 7 heteroatoms. The van der Waals surface area contributed by atoms with E-state index < -0.39 is 17.5 Å². The largest absolute Gasteiger partial charge is 0.481 e. The SMILES string of the molecule is O=C(O)CC1CCCN1C(=O)C1(CNC(=O)OCC2c3ccccc3-c3ccccc32)CC1. The van der Waals surface area contributed by atoms with Crippen molar-refractivity contribution in [2.24, 2.45) is 5.41 Å². The fourth-order valence-corrected chi connectivity index (χ4v) is 5.33. The minimum Gasteiger partial charge on any atom is -0.481 e. The van der Waals surface area contributed by atoms with Gasteiger partial charge >= 0.3 is 12.1 Å². The number of fused-ring (bicyclic) bond motifs is 3. The molecule has 2 amide bonds. The van der Waals surface area contributed by atoms with Gasteiger partial charge in [0, 0.05) is 25.0 Å². The van der Waals surface area contributed by atoms with E-state index in [2.05, 4.69) is 29.6 Å². The van der Waals surface area contributed by atoms with E-state index in [9.17, 15) is 14.4 Å². The summed E-state index contributed by atoms with van der Waals surface area (Å²) < 4.78 is 5.59.